The first kappa shape index (κ1) is 14.8. The van der Waals surface area contributed by atoms with Crippen LogP contribution in [0, 0.1) is 17.0 Å². The predicted octanol–water partition coefficient (Wildman–Crippen LogP) is 4.20. The summed E-state index contributed by atoms with van der Waals surface area (Å²) < 4.78 is 5.02. The highest BCUT2D eigenvalue weighted by Gasteiger charge is 2.15. The minimum atomic E-state index is -0.458. The number of nitro groups is 1. The summed E-state index contributed by atoms with van der Waals surface area (Å²) >= 11 is 0. The number of para-hydroxylation sites is 1. The Kier molecular flexibility index (Phi) is 3.80. The quantitative estimate of drug-likeness (QED) is 0.577. The molecule has 0 fully saturated rings. The van der Waals surface area contributed by atoms with Crippen molar-refractivity contribution in [3.8, 4) is 5.75 Å². The van der Waals surface area contributed by atoms with Crippen molar-refractivity contribution in [3.63, 3.8) is 0 Å². The predicted molar refractivity (Wildman–Crippen MR) is 89.4 cm³/mol. The summed E-state index contributed by atoms with van der Waals surface area (Å²) in [4.78, 5) is 15.2. The first-order valence-electron chi connectivity index (χ1n) is 7.04. The minimum Gasteiger partial charge on any atom is -0.490 e. The molecular weight excluding hydrogens is 294 g/mol. The van der Waals surface area contributed by atoms with Crippen molar-refractivity contribution in [2.24, 2.45) is 0 Å². The lowest BCUT2D eigenvalue weighted by Gasteiger charge is -2.11. The zero-order chi connectivity index (χ0) is 16.4. The lowest BCUT2D eigenvalue weighted by Crippen LogP contribution is -1.98. The maximum Gasteiger partial charge on any atom is 0.312 e. The summed E-state index contributed by atoms with van der Waals surface area (Å²) in [5, 5.41) is 15.3. The van der Waals surface area contributed by atoms with Crippen molar-refractivity contribution < 1.29 is 9.66 Å². The van der Waals surface area contributed by atoms with Crippen LogP contribution in [0.3, 0.4) is 0 Å². The first-order valence-corrected chi connectivity index (χ1v) is 7.04. The molecule has 0 atom stereocenters. The number of nitrogens with zero attached hydrogens (tertiary/aromatic N) is 2. The number of aryl methyl sites for hydroxylation is 1. The third-order valence-corrected chi connectivity index (χ3v) is 3.50. The molecule has 1 N–H and O–H groups in total. The number of pyridine rings is 1. The molecular formula is C17H15N3O3. The largest absolute Gasteiger partial charge is 0.490 e. The molecule has 23 heavy (non-hydrogen) atoms. The monoisotopic (exact) mass is 309 g/mol. The van der Waals surface area contributed by atoms with Crippen LogP contribution in [0.4, 0.5) is 17.1 Å². The molecule has 3 aromatic rings. The van der Waals surface area contributed by atoms with Gasteiger partial charge in [-0.2, -0.15) is 0 Å². The SMILES string of the molecule is COc1ccc(Nc2cc(C)nc3ccccc23)cc1[N+](=O)[O-]. The Labute approximate surface area is 132 Å². The van der Waals surface area contributed by atoms with Crippen molar-refractivity contribution in [2.45, 2.75) is 6.92 Å². The molecule has 6 nitrogen and oxygen atoms in total. The van der Waals surface area contributed by atoms with Crippen molar-refractivity contribution in [3.05, 3.63) is 64.3 Å². The highest BCUT2D eigenvalue weighted by Crippen LogP contribution is 2.32. The van der Waals surface area contributed by atoms with Crippen LogP contribution in [0.5, 0.6) is 5.75 Å². The summed E-state index contributed by atoms with van der Waals surface area (Å²) in [7, 11) is 1.41. The van der Waals surface area contributed by atoms with Gasteiger partial charge in [-0.15, -0.1) is 0 Å². The number of methoxy groups -OCH3 is 1. The van der Waals surface area contributed by atoms with E-state index in [1.807, 2.05) is 37.3 Å². The molecule has 1 heterocycles. The molecule has 0 saturated carbocycles. The summed E-state index contributed by atoms with van der Waals surface area (Å²) in [6, 6.07) is 14.5. The highest BCUT2D eigenvalue weighted by molar-refractivity contribution is 5.93. The van der Waals surface area contributed by atoms with Gasteiger partial charge in [0.25, 0.3) is 0 Å². The van der Waals surface area contributed by atoms with E-state index in [0.717, 1.165) is 22.3 Å². The topological polar surface area (TPSA) is 77.3 Å². The van der Waals surface area contributed by atoms with Crippen molar-refractivity contribution in [1.82, 2.24) is 4.98 Å². The van der Waals surface area contributed by atoms with Crippen LogP contribution in [0.1, 0.15) is 5.69 Å². The number of hydrogen-bond donors (Lipinski definition) is 1. The molecule has 2 aromatic carbocycles. The summed E-state index contributed by atoms with van der Waals surface area (Å²) in [6.07, 6.45) is 0. The van der Waals surface area contributed by atoms with E-state index >= 15 is 0 Å². The standard InChI is InChI=1S/C17H15N3O3/c1-11-9-15(13-5-3-4-6-14(13)18-11)19-12-7-8-17(23-2)16(10-12)20(21)22/h3-10H,1-2H3,(H,18,19). The summed E-state index contributed by atoms with van der Waals surface area (Å²) in [5.74, 6) is 0.233. The van der Waals surface area contributed by atoms with Crippen molar-refractivity contribution in [1.29, 1.82) is 0 Å². The average molecular weight is 309 g/mol. The van der Waals surface area contributed by atoms with Gasteiger partial charge in [-0.3, -0.25) is 15.1 Å². The smallest absolute Gasteiger partial charge is 0.312 e. The number of fused-ring (bicyclic) bond motifs is 1. The van der Waals surface area contributed by atoms with Crippen LogP contribution in [-0.4, -0.2) is 17.0 Å². The number of ether oxygens (including phenoxy) is 1. The maximum atomic E-state index is 11.1. The van der Waals surface area contributed by atoms with E-state index in [1.165, 1.54) is 13.2 Å². The second-order valence-electron chi connectivity index (χ2n) is 5.10. The van der Waals surface area contributed by atoms with Gasteiger partial charge in [-0.1, -0.05) is 18.2 Å². The lowest BCUT2D eigenvalue weighted by atomic mass is 10.1. The molecule has 0 aliphatic carbocycles. The summed E-state index contributed by atoms with van der Waals surface area (Å²) in [5.41, 5.74) is 3.14. The summed E-state index contributed by atoms with van der Waals surface area (Å²) in [6.45, 7) is 1.91. The molecule has 0 bridgehead atoms. The molecule has 0 aliphatic heterocycles. The number of hydrogen-bond acceptors (Lipinski definition) is 5. The van der Waals surface area contributed by atoms with E-state index in [2.05, 4.69) is 10.3 Å². The van der Waals surface area contributed by atoms with E-state index in [-0.39, 0.29) is 11.4 Å². The van der Waals surface area contributed by atoms with Gasteiger partial charge in [-0.25, -0.2) is 0 Å². The van der Waals surface area contributed by atoms with Crippen LogP contribution in [0.2, 0.25) is 0 Å². The van der Waals surface area contributed by atoms with Crippen LogP contribution < -0.4 is 10.1 Å². The van der Waals surface area contributed by atoms with Crippen molar-refractivity contribution in [2.75, 3.05) is 12.4 Å². The normalized spacial score (nSPS) is 10.5. The zero-order valence-electron chi connectivity index (χ0n) is 12.7. The Hall–Kier alpha value is -3.15. The Morgan fingerprint density at radius 2 is 1.96 bits per heavy atom. The average Bonchev–Trinajstić information content (AvgIpc) is 2.54. The van der Waals surface area contributed by atoms with Gasteiger partial charge >= 0.3 is 5.69 Å². The molecule has 0 saturated heterocycles. The fourth-order valence-electron chi connectivity index (χ4n) is 2.48. The number of anilines is 2. The van der Waals surface area contributed by atoms with E-state index in [1.54, 1.807) is 12.1 Å². The van der Waals surface area contributed by atoms with E-state index < -0.39 is 4.92 Å². The Morgan fingerprint density at radius 1 is 1.17 bits per heavy atom. The number of nitro benzene ring substituents is 1. The molecule has 0 unspecified atom stereocenters. The van der Waals surface area contributed by atoms with E-state index in [0.29, 0.717) is 5.69 Å². The molecule has 0 spiro atoms. The molecule has 3 rings (SSSR count). The van der Waals surface area contributed by atoms with Crippen LogP contribution in [0.25, 0.3) is 10.9 Å². The Morgan fingerprint density at radius 3 is 2.70 bits per heavy atom. The van der Waals surface area contributed by atoms with Crippen molar-refractivity contribution >= 4 is 28.0 Å². The lowest BCUT2D eigenvalue weighted by molar-refractivity contribution is -0.385. The van der Waals surface area contributed by atoms with E-state index in [4.69, 9.17) is 4.74 Å². The van der Waals surface area contributed by atoms with Gasteiger partial charge in [-0.05, 0) is 31.2 Å². The van der Waals surface area contributed by atoms with Gasteiger partial charge in [0, 0.05) is 28.5 Å². The zero-order valence-corrected chi connectivity index (χ0v) is 12.7. The fraction of sp³-hybridized carbons (Fsp3) is 0.118. The van der Waals surface area contributed by atoms with Crippen LogP contribution in [0.15, 0.2) is 48.5 Å². The van der Waals surface area contributed by atoms with Crippen LogP contribution in [-0.2, 0) is 0 Å². The van der Waals surface area contributed by atoms with Gasteiger partial charge in [0.1, 0.15) is 0 Å². The first-order chi connectivity index (χ1) is 11.1. The molecule has 6 heteroatoms. The molecule has 0 aliphatic rings. The molecule has 116 valence electrons. The number of benzene rings is 2. The van der Waals surface area contributed by atoms with Crippen LogP contribution >= 0.6 is 0 Å². The molecule has 1 aromatic heterocycles. The molecule has 0 radical (unpaired) electrons. The Balaban J connectivity index is 2.06. The second kappa shape index (κ2) is 5.92. The van der Waals surface area contributed by atoms with Gasteiger partial charge in [0.05, 0.1) is 17.5 Å². The van der Waals surface area contributed by atoms with E-state index in [9.17, 15) is 10.1 Å². The highest BCUT2D eigenvalue weighted by atomic mass is 16.6. The Bertz CT molecular complexity index is 893. The number of rotatable bonds is 4. The number of aromatic nitrogens is 1. The van der Waals surface area contributed by atoms with Gasteiger partial charge in [0.2, 0.25) is 0 Å². The maximum absolute atomic E-state index is 11.1. The third-order valence-electron chi connectivity index (χ3n) is 3.50. The van der Waals surface area contributed by atoms with Gasteiger partial charge in [0.15, 0.2) is 5.75 Å². The fourth-order valence-corrected chi connectivity index (χ4v) is 2.48. The number of nitrogens with one attached hydrogen (secondary N) is 1. The third kappa shape index (κ3) is 2.91. The second-order valence-corrected chi connectivity index (χ2v) is 5.10. The minimum absolute atomic E-state index is 0.0763. The van der Waals surface area contributed by atoms with Gasteiger partial charge < -0.3 is 10.1 Å². The molecule has 0 amide bonds.